The lowest BCUT2D eigenvalue weighted by Crippen LogP contribution is -2.16. The van der Waals surface area contributed by atoms with Crippen LogP contribution in [-0.4, -0.2) is 12.0 Å². The van der Waals surface area contributed by atoms with Crippen molar-refractivity contribution in [2.45, 2.75) is 13.0 Å². The van der Waals surface area contributed by atoms with Gasteiger partial charge in [0.1, 0.15) is 9.34 Å². The largest absolute Gasteiger partial charge is 0.307 e. The molecule has 2 aromatic rings. The minimum Gasteiger partial charge on any atom is -0.307 e. The van der Waals surface area contributed by atoms with Crippen LogP contribution < -0.4 is 5.32 Å². The van der Waals surface area contributed by atoms with Gasteiger partial charge in [0.05, 0.1) is 6.04 Å². The van der Waals surface area contributed by atoms with Gasteiger partial charge in [-0.2, -0.15) is 0 Å². The van der Waals surface area contributed by atoms with Crippen molar-refractivity contribution in [3.05, 3.63) is 35.8 Å². The average molecular weight is 338 g/mol. The number of nitrogens with zero attached hydrogens (tertiary/aromatic N) is 1. The maximum absolute atomic E-state index is 6.05. The van der Waals surface area contributed by atoms with Crippen LogP contribution in [0.3, 0.4) is 0 Å². The standard InChI is InChI=1S/C10H10BrClN2S2/c1-5-4-15-10(14-5)8(13-2)7-3-6(11)9(12)16-7/h3-4,8,13H,1-2H3. The molecule has 0 saturated carbocycles. The Bertz CT molecular complexity index is 475. The molecule has 1 atom stereocenters. The molecule has 0 spiro atoms. The van der Waals surface area contributed by atoms with Gasteiger partial charge in [0.2, 0.25) is 0 Å². The van der Waals surface area contributed by atoms with Gasteiger partial charge in [-0.15, -0.1) is 22.7 Å². The zero-order valence-electron chi connectivity index (χ0n) is 8.75. The second-order valence-electron chi connectivity index (χ2n) is 3.32. The fourth-order valence-corrected chi connectivity index (χ4v) is 4.24. The first-order chi connectivity index (χ1) is 7.61. The second kappa shape index (κ2) is 5.14. The molecule has 0 aliphatic rings. The average Bonchev–Trinajstić information content (AvgIpc) is 2.77. The minimum absolute atomic E-state index is 0.132. The highest BCUT2D eigenvalue weighted by Gasteiger charge is 2.18. The van der Waals surface area contributed by atoms with Gasteiger partial charge in [0.25, 0.3) is 0 Å². The number of halogens is 2. The van der Waals surface area contributed by atoms with Crippen molar-refractivity contribution >= 4 is 50.2 Å². The lowest BCUT2D eigenvalue weighted by Gasteiger charge is -2.10. The van der Waals surface area contributed by atoms with E-state index in [1.54, 1.807) is 22.7 Å². The Hall–Kier alpha value is 0.0600. The summed E-state index contributed by atoms with van der Waals surface area (Å²) in [5.74, 6) is 0. The highest BCUT2D eigenvalue weighted by molar-refractivity contribution is 9.10. The van der Waals surface area contributed by atoms with Crippen molar-refractivity contribution < 1.29 is 0 Å². The van der Waals surface area contributed by atoms with E-state index in [-0.39, 0.29) is 6.04 Å². The molecule has 0 aliphatic carbocycles. The molecular weight excluding hydrogens is 328 g/mol. The van der Waals surface area contributed by atoms with Crippen molar-refractivity contribution in [1.82, 2.24) is 10.3 Å². The molecular formula is C10H10BrClN2S2. The first-order valence-corrected chi connectivity index (χ1v) is 7.52. The Labute approximate surface area is 116 Å². The number of hydrogen-bond acceptors (Lipinski definition) is 4. The maximum Gasteiger partial charge on any atom is 0.115 e. The van der Waals surface area contributed by atoms with Crippen molar-refractivity contribution in [1.29, 1.82) is 0 Å². The molecule has 2 nitrogen and oxygen atoms in total. The van der Waals surface area contributed by atoms with Gasteiger partial charge in [-0.05, 0) is 36.0 Å². The van der Waals surface area contributed by atoms with Gasteiger partial charge in [-0.1, -0.05) is 11.6 Å². The summed E-state index contributed by atoms with van der Waals surface area (Å²) in [6, 6.07) is 2.18. The first-order valence-electron chi connectivity index (χ1n) is 4.66. The van der Waals surface area contributed by atoms with Crippen molar-refractivity contribution in [3.8, 4) is 0 Å². The second-order valence-corrected chi connectivity index (χ2v) is 6.75. The van der Waals surface area contributed by atoms with Crippen LogP contribution in [0.4, 0.5) is 0 Å². The quantitative estimate of drug-likeness (QED) is 0.906. The Kier molecular flexibility index (Phi) is 4.02. The van der Waals surface area contributed by atoms with Crippen molar-refractivity contribution in [2.24, 2.45) is 0 Å². The Morgan fingerprint density at radius 1 is 1.56 bits per heavy atom. The van der Waals surface area contributed by atoms with Crippen molar-refractivity contribution in [3.63, 3.8) is 0 Å². The van der Waals surface area contributed by atoms with E-state index >= 15 is 0 Å². The zero-order valence-corrected chi connectivity index (χ0v) is 12.7. The normalized spacial score (nSPS) is 13.0. The molecule has 6 heteroatoms. The molecule has 0 radical (unpaired) electrons. The summed E-state index contributed by atoms with van der Waals surface area (Å²) in [6.07, 6.45) is 0. The highest BCUT2D eigenvalue weighted by atomic mass is 79.9. The van der Waals surface area contributed by atoms with E-state index in [0.29, 0.717) is 0 Å². The van der Waals surface area contributed by atoms with Crippen LogP contribution in [0, 0.1) is 6.92 Å². The summed E-state index contributed by atoms with van der Waals surface area (Å²) < 4.78 is 1.73. The number of thiophene rings is 1. The van der Waals surface area contributed by atoms with E-state index < -0.39 is 0 Å². The molecule has 2 rings (SSSR count). The number of aromatic nitrogens is 1. The first kappa shape index (κ1) is 12.5. The fraction of sp³-hybridized carbons (Fsp3) is 0.300. The topological polar surface area (TPSA) is 24.9 Å². The molecule has 1 unspecified atom stereocenters. The molecule has 1 N–H and O–H groups in total. The summed E-state index contributed by atoms with van der Waals surface area (Å²) in [7, 11) is 1.93. The number of hydrogen-bond donors (Lipinski definition) is 1. The summed E-state index contributed by atoms with van der Waals surface area (Å²) in [5, 5.41) is 6.40. The van der Waals surface area contributed by atoms with Gasteiger partial charge < -0.3 is 5.32 Å². The van der Waals surface area contributed by atoms with Crippen molar-refractivity contribution in [2.75, 3.05) is 7.05 Å². The summed E-state index contributed by atoms with van der Waals surface area (Å²) >= 11 is 12.7. The van der Waals surface area contributed by atoms with E-state index in [9.17, 15) is 0 Å². The summed E-state index contributed by atoms with van der Waals surface area (Å²) in [6.45, 7) is 2.00. The predicted octanol–water partition coefficient (Wildman–Crippen LogP) is 4.24. The number of nitrogens with one attached hydrogen (secondary N) is 1. The maximum atomic E-state index is 6.05. The van der Waals surface area contributed by atoms with E-state index in [4.69, 9.17) is 11.6 Å². The number of rotatable bonds is 3. The smallest absolute Gasteiger partial charge is 0.115 e. The van der Waals surface area contributed by atoms with E-state index in [0.717, 1.165) is 19.5 Å². The van der Waals surface area contributed by atoms with Crippen LogP contribution in [0.5, 0.6) is 0 Å². The van der Waals surface area contributed by atoms with E-state index in [2.05, 4.69) is 31.6 Å². The SMILES string of the molecule is CNC(c1cc(Br)c(Cl)s1)c1nc(C)cs1. The third kappa shape index (κ3) is 2.49. The molecule has 0 amide bonds. The Balaban J connectivity index is 2.36. The molecule has 0 saturated heterocycles. The lowest BCUT2D eigenvalue weighted by molar-refractivity contribution is 0.696. The van der Waals surface area contributed by atoms with Gasteiger partial charge >= 0.3 is 0 Å². The van der Waals surface area contributed by atoms with Crippen LogP contribution in [-0.2, 0) is 0 Å². The highest BCUT2D eigenvalue weighted by Crippen LogP contribution is 2.37. The molecule has 2 heterocycles. The van der Waals surface area contributed by atoms with Crippen LogP contribution in [0.1, 0.15) is 21.6 Å². The third-order valence-electron chi connectivity index (χ3n) is 2.12. The Morgan fingerprint density at radius 2 is 2.31 bits per heavy atom. The van der Waals surface area contributed by atoms with Crippen LogP contribution in [0.25, 0.3) is 0 Å². The summed E-state index contributed by atoms with van der Waals surface area (Å²) in [4.78, 5) is 5.68. The van der Waals surface area contributed by atoms with E-state index in [1.807, 2.05) is 20.0 Å². The van der Waals surface area contributed by atoms with Gasteiger partial charge in [-0.25, -0.2) is 4.98 Å². The Morgan fingerprint density at radius 3 is 2.75 bits per heavy atom. The molecule has 0 aromatic carbocycles. The molecule has 16 heavy (non-hydrogen) atoms. The number of aryl methyl sites for hydroxylation is 1. The monoisotopic (exact) mass is 336 g/mol. The zero-order chi connectivity index (χ0) is 11.7. The minimum atomic E-state index is 0.132. The molecule has 0 aliphatic heterocycles. The van der Waals surface area contributed by atoms with Gasteiger partial charge in [0, 0.05) is 20.4 Å². The van der Waals surface area contributed by atoms with Gasteiger partial charge in [-0.3, -0.25) is 0 Å². The number of thiazole rings is 1. The molecule has 86 valence electrons. The summed E-state index contributed by atoms with van der Waals surface area (Å²) in [5.41, 5.74) is 1.06. The third-order valence-corrected chi connectivity index (χ3v) is 5.69. The molecule has 0 fully saturated rings. The van der Waals surface area contributed by atoms with Crippen LogP contribution in [0.15, 0.2) is 15.9 Å². The van der Waals surface area contributed by atoms with E-state index in [1.165, 1.54) is 4.88 Å². The van der Waals surface area contributed by atoms with Crippen LogP contribution in [0.2, 0.25) is 4.34 Å². The molecule has 2 aromatic heterocycles. The lowest BCUT2D eigenvalue weighted by atomic mass is 10.2. The van der Waals surface area contributed by atoms with Crippen LogP contribution >= 0.6 is 50.2 Å². The fourth-order valence-electron chi connectivity index (χ4n) is 1.40. The van der Waals surface area contributed by atoms with Gasteiger partial charge in [0.15, 0.2) is 0 Å². The molecule has 0 bridgehead atoms. The predicted molar refractivity (Wildman–Crippen MR) is 74.8 cm³/mol.